The molecular formula is C7H5BrN2O. The van der Waals surface area contributed by atoms with Gasteiger partial charge in [-0.3, -0.25) is 0 Å². The summed E-state index contributed by atoms with van der Waals surface area (Å²) in [5.74, 6) is 0. The minimum Gasteiger partial charge on any atom is -0.470 e. The van der Waals surface area contributed by atoms with Crippen molar-refractivity contribution in [1.29, 1.82) is 0 Å². The van der Waals surface area contributed by atoms with Gasteiger partial charge in [-0.05, 0) is 15.9 Å². The maximum absolute atomic E-state index is 4.90. The molecule has 0 saturated carbocycles. The lowest BCUT2D eigenvalue weighted by atomic mass is 10.5. The second-order valence-electron chi connectivity index (χ2n) is 2.08. The van der Waals surface area contributed by atoms with Gasteiger partial charge in [0.25, 0.3) is 0 Å². The Morgan fingerprint density at radius 2 is 2.45 bits per heavy atom. The van der Waals surface area contributed by atoms with Crippen LogP contribution in [0.15, 0.2) is 39.9 Å². The van der Waals surface area contributed by atoms with Gasteiger partial charge in [-0.1, -0.05) is 0 Å². The van der Waals surface area contributed by atoms with Crippen molar-refractivity contribution >= 4 is 15.9 Å². The number of hydrogen-bond acceptors (Lipinski definition) is 2. The first kappa shape index (κ1) is 6.67. The first-order chi connectivity index (χ1) is 5.36. The fourth-order valence-electron chi connectivity index (χ4n) is 0.830. The highest BCUT2D eigenvalue weighted by Crippen LogP contribution is 2.11. The van der Waals surface area contributed by atoms with Gasteiger partial charge in [-0.15, -0.1) is 0 Å². The van der Waals surface area contributed by atoms with E-state index in [1.165, 1.54) is 0 Å². The summed E-state index contributed by atoms with van der Waals surface area (Å²) < 4.78 is 7.59. The van der Waals surface area contributed by atoms with Crippen LogP contribution in [-0.4, -0.2) is 9.78 Å². The summed E-state index contributed by atoms with van der Waals surface area (Å²) in [6.45, 7) is 0. The Hall–Kier alpha value is -1.03. The Labute approximate surface area is 71.8 Å². The fraction of sp³-hybridized carbons (Fsp3) is 0. The molecule has 2 aromatic heterocycles. The first-order valence-corrected chi connectivity index (χ1v) is 3.88. The summed E-state index contributed by atoms with van der Waals surface area (Å²) in [5, 5.41) is 4.07. The smallest absolute Gasteiger partial charge is 0.116 e. The lowest BCUT2D eigenvalue weighted by Gasteiger charge is -1.91. The van der Waals surface area contributed by atoms with Gasteiger partial charge in [0.15, 0.2) is 0 Å². The normalized spacial score (nSPS) is 10.3. The molecule has 2 heterocycles. The molecule has 3 nitrogen and oxygen atoms in total. The minimum atomic E-state index is 0.927. The third-order valence-corrected chi connectivity index (χ3v) is 1.73. The molecule has 0 amide bonds. The van der Waals surface area contributed by atoms with Gasteiger partial charge in [0.05, 0.1) is 16.9 Å². The Balaban J connectivity index is 2.45. The molecule has 11 heavy (non-hydrogen) atoms. The highest BCUT2D eigenvalue weighted by molar-refractivity contribution is 9.10. The molecule has 0 aliphatic heterocycles. The van der Waals surface area contributed by atoms with Crippen molar-refractivity contribution < 1.29 is 4.42 Å². The zero-order valence-electron chi connectivity index (χ0n) is 5.57. The Kier molecular flexibility index (Phi) is 1.54. The summed E-state index contributed by atoms with van der Waals surface area (Å²) in [6.07, 6.45) is 6.85. The van der Waals surface area contributed by atoms with Crippen molar-refractivity contribution in [2.24, 2.45) is 0 Å². The molecule has 0 aliphatic rings. The van der Waals surface area contributed by atoms with Crippen LogP contribution in [0.5, 0.6) is 0 Å². The van der Waals surface area contributed by atoms with Crippen molar-refractivity contribution in [2.45, 2.75) is 0 Å². The molecule has 0 N–H and O–H groups in total. The lowest BCUT2D eigenvalue weighted by Crippen LogP contribution is -1.89. The van der Waals surface area contributed by atoms with Crippen LogP contribution in [0.3, 0.4) is 0 Å². The van der Waals surface area contributed by atoms with Gasteiger partial charge < -0.3 is 4.42 Å². The highest BCUT2D eigenvalue weighted by Gasteiger charge is 1.97. The molecule has 0 unspecified atom stereocenters. The van der Waals surface area contributed by atoms with Gasteiger partial charge in [0, 0.05) is 12.3 Å². The van der Waals surface area contributed by atoms with Crippen LogP contribution in [0, 0.1) is 0 Å². The fourth-order valence-corrected chi connectivity index (χ4v) is 1.12. The van der Waals surface area contributed by atoms with E-state index in [1.54, 1.807) is 23.4 Å². The number of rotatable bonds is 1. The van der Waals surface area contributed by atoms with Crippen molar-refractivity contribution in [1.82, 2.24) is 9.78 Å². The summed E-state index contributed by atoms with van der Waals surface area (Å²) in [4.78, 5) is 0. The average Bonchev–Trinajstić information content (AvgIpc) is 2.55. The maximum atomic E-state index is 4.90. The minimum absolute atomic E-state index is 0.927. The van der Waals surface area contributed by atoms with Crippen LogP contribution in [0.25, 0.3) is 5.69 Å². The van der Waals surface area contributed by atoms with Gasteiger partial charge in [0.1, 0.15) is 12.0 Å². The summed E-state index contributed by atoms with van der Waals surface area (Å²) in [5.41, 5.74) is 0.927. The number of nitrogens with zero attached hydrogens (tertiary/aromatic N) is 2. The quantitative estimate of drug-likeness (QED) is 0.727. The van der Waals surface area contributed by atoms with Gasteiger partial charge >= 0.3 is 0 Å². The van der Waals surface area contributed by atoms with Crippen LogP contribution in [-0.2, 0) is 0 Å². The standard InChI is InChI=1S/C7H5BrN2O/c8-6-3-9-10(4-6)7-1-2-11-5-7/h1-5H. The van der Waals surface area contributed by atoms with E-state index < -0.39 is 0 Å². The average molecular weight is 213 g/mol. The number of aromatic nitrogens is 2. The molecule has 4 heteroatoms. The van der Waals surface area contributed by atoms with E-state index in [0.29, 0.717) is 0 Å². The maximum Gasteiger partial charge on any atom is 0.116 e. The Bertz CT molecular complexity index is 339. The third-order valence-electron chi connectivity index (χ3n) is 1.32. The molecule has 0 saturated heterocycles. The number of halogens is 1. The second-order valence-corrected chi connectivity index (χ2v) is 3.00. The Morgan fingerprint density at radius 1 is 1.55 bits per heavy atom. The molecule has 2 rings (SSSR count). The van der Waals surface area contributed by atoms with E-state index in [1.807, 2.05) is 12.3 Å². The van der Waals surface area contributed by atoms with Gasteiger partial charge in [-0.25, -0.2) is 4.68 Å². The molecule has 0 spiro atoms. The van der Waals surface area contributed by atoms with E-state index >= 15 is 0 Å². The van der Waals surface area contributed by atoms with E-state index in [9.17, 15) is 0 Å². The van der Waals surface area contributed by atoms with E-state index in [-0.39, 0.29) is 0 Å². The third kappa shape index (κ3) is 1.21. The van der Waals surface area contributed by atoms with Crippen LogP contribution >= 0.6 is 15.9 Å². The lowest BCUT2D eigenvalue weighted by molar-refractivity contribution is 0.564. The van der Waals surface area contributed by atoms with Crippen LogP contribution in [0.4, 0.5) is 0 Å². The largest absolute Gasteiger partial charge is 0.470 e. The molecular weight excluding hydrogens is 208 g/mol. The topological polar surface area (TPSA) is 31.0 Å². The zero-order chi connectivity index (χ0) is 7.68. The van der Waals surface area contributed by atoms with E-state index in [0.717, 1.165) is 10.2 Å². The van der Waals surface area contributed by atoms with E-state index in [2.05, 4.69) is 21.0 Å². The second kappa shape index (κ2) is 2.54. The SMILES string of the molecule is Brc1cnn(-c2ccoc2)c1. The predicted molar refractivity (Wildman–Crippen MR) is 43.5 cm³/mol. The number of hydrogen-bond donors (Lipinski definition) is 0. The van der Waals surface area contributed by atoms with Crippen molar-refractivity contribution in [3.05, 3.63) is 35.5 Å². The van der Waals surface area contributed by atoms with Crippen LogP contribution < -0.4 is 0 Å². The summed E-state index contributed by atoms with van der Waals surface area (Å²) in [7, 11) is 0. The van der Waals surface area contributed by atoms with E-state index in [4.69, 9.17) is 4.42 Å². The van der Waals surface area contributed by atoms with Gasteiger partial charge in [-0.2, -0.15) is 5.10 Å². The molecule has 56 valence electrons. The molecule has 0 bridgehead atoms. The van der Waals surface area contributed by atoms with Crippen molar-refractivity contribution in [3.8, 4) is 5.69 Å². The van der Waals surface area contributed by atoms with Crippen LogP contribution in [0.2, 0.25) is 0 Å². The summed E-state index contributed by atoms with van der Waals surface area (Å²) >= 11 is 3.30. The molecule has 0 aliphatic carbocycles. The van der Waals surface area contributed by atoms with Crippen molar-refractivity contribution in [3.63, 3.8) is 0 Å². The summed E-state index contributed by atoms with van der Waals surface area (Å²) in [6, 6.07) is 1.85. The number of furan rings is 1. The molecule has 0 aromatic carbocycles. The monoisotopic (exact) mass is 212 g/mol. The predicted octanol–water partition coefficient (Wildman–Crippen LogP) is 2.23. The Morgan fingerprint density at radius 3 is 3.00 bits per heavy atom. The molecule has 2 aromatic rings. The van der Waals surface area contributed by atoms with Crippen LogP contribution in [0.1, 0.15) is 0 Å². The molecule has 0 atom stereocenters. The molecule has 0 fully saturated rings. The van der Waals surface area contributed by atoms with Crippen molar-refractivity contribution in [2.75, 3.05) is 0 Å². The molecule has 0 radical (unpaired) electrons. The zero-order valence-corrected chi connectivity index (χ0v) is 7.15. The highest BCUT2D eigenvalue weighted by atomic mass is 79.9. The van der Waals surface area contributed by atoms with Gasteiger partial charge in [0.2, 0.25) is 0 Å². The first-order valence-electron chi connectivity index (χ1n) is 3.09.